The molecule has 0 radical (unpaired) electrons. The summed E-state index contributed by atoms with van der Waals surface area (Å²) in [6.45, 7) is 2.79. The van der Waals surface area contributed by atoms with Gasteiger partial charge in [-0.15, -0.1) is 11.3 Å². The van der Waals surface area contributed by atoms with E-state index in [-0.39, 0.29) is 12.2 Å². The predicted octanol–water partition coefficient (Wildman–Crippen LogP) is 2.44. The second-order valence-electron chi connectivity index (χ2n) is 3.94. The summed E-state index contributed by atoms with van der Waals surface area (Å²) in [6, 6.07) is 0. The quantitative estimate of drug-likeness (QED) is 0.859. The number of ether oxygens (including phenoxy) is 1. The van der Waals surface area contributed by atoms with Crippen LogP contribution in [0.25, 0.3) is 0 Å². The molecule has 1 heterocycles. The summed E-state index contributed by atoms with van der Waals surface area (Å²) in [5.74, 6) is 0. The third-order valence-electron chi connectivity index (χ3n) is 2.94. The Hall–Kier alpha value is -0.450. The zero-order valence-electron chi connectivity index (χ0n) is 9.03. The summed E-state index contributed by atoms with van der Waals surface area (Å²) >= 11 is 1.61. The van der Waals surface area contributed by atoms with Crippen molar-refractivity contribution in [1.82, 2.24) is 4.98 Å². The lowest BCUT2D eigenvalue weighted by Gasteiger charge is -2.26. The fourth-order valence-electron chi connectivity index (χ4n) is 2.23. The summed E-state index contributed by atoms with van der Waals surface area (Å²) in [7, 11) is 0. The molecule has 1 fully saturated rings. The van der Waals surface area contributed by atoms with Gasteiger partial charge in [-0.3, -0.25) is 0 Å². The Bertz CT molecular complexity index is 318. The van der Waals surface area contributed by atoms with Gasteiger partial charge in [0.15, 0.2) is 0 Å². The molecule has 15 heavy (non-hydrogen) atoms. The monoisotopic (exact) mass is 227 g/mol. The average molecular weight is 227 g/mol. The van der Waals surface area contributed by atoms with Gasteiger partial charge in [-0.2, -0.15) is 0 Å². The van der Waals surface area contributed by atoms with E-state index in [9.17, 15) is 0 Å². The van der Waals surface area contributed by atoms with E-state index in [2.05, 4.69) is 4.98 Å². The van der Waals surface area contributed by atoms with Gasteiger partial charge in [-0.25, -0.2) is 4.98 Å². The fourth-order valence-corrected chi connectivity index (χ4v) is 3.25. The van der Waals surface area contributed by atoms with E-state index >= 15 is 0 Å². The molecule has 0 spiro atoms. The summed E-state index contributed by atoms with van der Waals surface area (Å²) < 4.78 is 5.90. The Kier molecular flexibility index (Phi) is 3.38. The van der Waals surface area contributed by atoms with Crippen LogP contribution in [-0.2, 0) is 16.9 Å². The molecule has 84 valence electrons. The zero-order chi connectivity index (χ0) is 10.7. The number of thiazole rings is 1. The lowest BCUT2D eigenvalue weighted by Crippen LogP contribution is -2.26. The Labute approximate surface area is 94.1 Å². The van der Waals surface area contributed by atoms with E-state index in [0.29, 0.717) is 0 Å². The van der Waals surface area contributed by atoms with Crippen LogP contribution < -0.4 is 0 Å². The first-order valence-corrected chi connectivity index (χ1v) is 6.38. The van der Waals surface area contributed by atoms with Crippen LogP contribution in [0.1, 0.15) is 43.3 Å². The topological polar surface area (TPSA) is 42.4 Å². The molecule has 0 atom stereocenters. The van der Waals surface area contributed by atoms with Crippen LogP contribution in [-0.4, -0.2) is 16.7 Å². The summed E-state index contributed by atoms with van der Waals surface area (Å²) in [5, 5.41) is 12.0. The SMILES string of the molecule is CCOC1(c2nc(CO)cs2)CCCC1. The molecule has 0 unspecified atom stereocenters. The molecule has 4 heteroatoms. The summed E-state index contributed by atoms with van der Waals surface area (Å²) in [5.41, 5.74) is 0.619. The Morgan fingerprint density at radius 1 is 1.53 bits per heavy atom. The van der Waals surface area contributed by atoms with Crippen LogP contribution in [0.5, 0.6) is 0 Å². The lowest BCUT2D eigenvalue weighted by molar-refractivity contribution is -0.0392. The van der Waals surface area contributed by atoms with Gasteiger partial charge in [-0.05, 0) is 19.8 Å². The van der Waals surface area contributed by atoms with Crippen LogP contribution in [0.3, 0.4) is 0 Å². The Morgan fingerprint density at radius 3 is 2.80 bits per heavy atom. The molecule has 1 saturated carbocycles. The summed E-state index contributed by atoms with van der Waals surface area (Å²) in [4.78, 5) is 4.45. The van der Waals surface area contributed by atoms with E-state index in [1.807, 2.05) is 12.3 Å². The molecular weight excluding hydrogens is 210 g/mol. The van der Waals surface area contributed by atoms with Crippen molar-refractivity contribution in [3.05, 3.63) is 16.1 Å². The smallest absolute Gasteiger partial charge is 0.125 e. The van der Waals surface area contributed by atoms with Gasteiger partial charge < -0.3 is 9.84 Å². The van der Waals surface area contributed by atoms with Crippen molar-refractivity contribution in [3.63, 3.8) is 0 Å². The van der Waals surface area contributed by atoms with Gasteiger partial charge in [0.1, 0.15) is 10.6 Å². The van der Waals surface area contributed by atoms with Crippen molar-refractivity contribution in [1.29, 1.82) is 0 Å². The van der Waals surface area contributed by atoms with Gasteiger partial charge in [0, 0.05) is 12.0 Å². The molecule has 0 aliphatic heterocycles. The third kappa shape index (κ3) is 2.07. The average Bonchev–Trinajstić information content (AvgIpc) is 2.85. The maximum atomic E-state index is 9.01. The maximum absolute atomic E-state index is 9.01. The first-order chi connectivity index (χ1) is 7.30. The van der Waals surface area contributed by atoms with E-state index in [4.69, 9.17) is 9.84 Å². The highest BCUT2D eigenvalue weighted by Crippen LogP contribution is 2.43. The van der Waals surface area contributed by atoms with Gasteiger partial charge in [0.2, 0.25) is 0 Å². The summed E-state index contributed by atoms with van der Waals surface area (Å²) in [6.07, 6.45) is 4.57. The number of hydrogen-bond acceptors (Lipinski definition) is 4. The molecule has 3 nitrogen and oxygen atoms in total. The zero-order valence-corrected chi connectivity index (χ0v) is 9.85. The van der Waals surface area contributed by atoms with E-state index < -0.39 is 0 Å². The molecule has 1 aromatic rings. The normalized spacial score (nSPS) is 19.6. The molecule has 0 bridgehead atoms. The molecule has 1 N–H and O–H groups in total. The first kappa shape index (κ1) is 11.0. The van der Waals surface area contributed by atoms with Crippen molar-refractivity contribution in [2.45, 2.75) is 44.8 Å². The minimum atomic E-state index is -0.146. The van der Waals surface area contributed by atoms with E-state index in [0.717, 1.165) is 30.2 Å². The maximum Gasteiger partial charge on any atom is 0.125 e. The molecule has 1 aromatic heterocycles. The van der Waals surface area contributed by atoms with Gasteiger partial charge in [0.25, 0.3) is 0 Å². The minimum absolute atomic E-state index is 0.0265. The number of rotatable bonds is 4. The van der Waals surface area contributed by atoms with E-state index in [1.54, 1.807) is 11.3 Å². The largest absolute Gasteiger partial charge is 0.390 e. The number of hydrogen-bond donors (Lipinski definition) is 1. The van der Waals surface area contributed by atoms with Gasteiger partial charge >= 0.3 is 0 Å². The third-order valence-corrected chi connectivity index (χ3v) is 4.01. The minimum Gasteiger partial charge on any atom is -0.390 e. The second-order valence-corrected chi connectivity index (χ2v) is 4.79. The molecule has 0 aromatic carbocycles. The first-order valence-electron chi connectivity index (χ1n) is 5.50. The van der Waals surface area contributed by atoms with Crippen LogP contribution in [0.2, 0.25) is 0 Å². The Morgan fingerprint density at radius 2 is 2.27 bits per heavy atom. The highest BCUT2D eigenvalue weighted by Gasteiger charge is 2.38. The van der Waals surface area contributed by atoms with Crippen LogP contribution in [0.15, 0.2) is 5.38 Å². The second kappa shape index (κ2) is 4.60. The molecule has 2 rings (SSSR count). The van der Waals surface area contributed by atoms with Crippen molar-refractivity contribution in [3.8, 4) is 0 Å². The van der Waals surface area contributed by atoms with Crippen molar-refractivity contribution in [2.24, 2.45) is 0 Å². The fraction of sp³-hybridized carbons (Fsp3) is 0.727. The highest BCUT2D eigenvalue weighted by molar-refractivity contribution is 7.09. The number of nitrogens with zero attached hydrogens (tertiary/aromatic N) is 1. The highest BCUT2D eigenvalue weighted by atomic mass is 32.1. The molecular formula is C11H17NO2S. The van der Waals surface area contributed by atoms with Crippen molar-refractivity contribution >= 4 is 11.3 Å². The number of aromatic nitrogens is 1. The predicted molar refractivity (Wildman–Crippen MR) is 59.8 cm³/mol. The Balaban J connectivity index is 2.23. The molecule has 0 saturated heterocycles. The van der Waals surface area contributed by atoms with Gasteiger partial charge in [0.05, 0.1) is 12.3 Å². The molecule has 1 aliphatic rings. The van der Waals surface area contributed by atoms with Crippen molar-refractivity contribution in [2.75, 3.05) is 6.61 Å². The standard InChI is InChI=1S/C11H17NO2S/c1-2-14-11(5-3-4-6-11)10-12-9(7-13)8-15-10/h8,13H,2-7H2,1H3. The van der Waals surface area contributed by atoms with Gasteiger partial charge in [-0.1, -0.05) is 12.8 Å². The molecule has 0 amide bonds. The van der Waals surface area contributed by atoms with E-state index in [1.165, 1.54) is 12.8 Å². The lowest BCUT2D eigenvalue weighted by atomic mass is 10.0. The van der Waals surface area contributed by atoms with Crippen molar-refractivity contribution < 1.29 is 9.84 Å². The van der Waals surface area contributed by atoms with Crippen LogP contribution in [0, 0.1) is 0 Å². The van der Waals surface area contributed by atoms with Crippen LogP contribution in [0.4, 0.5) is 0 Å². The van der Waals surface area contributed by atoms with Crippen LogP contribution >= 0.6 is 11.3 Å². The molecule has 1 aliphatic carbocycles. The number of aliphatic hydroxyl groups is 1. The number of aliphatic hydroxyl groups excluding tert-OH is 1.